The van der Waals surface area contributed by atoms with Gasteiger partial charge in [-0.2, -0.15) is 0 Å². The fourth-order valence-electron chi connectivity index (χ4n) is 4.39. The smallest absolute Gasteiger partial charge is 0.238 e. The van der Waals surface area contributed by atoms with Gasteiger partial charge in [-0.25, -0.2) is 13.4 Å². The molecule has 1 N–H and O–H groups in total. The van der Waals surface area contributed by atoms with Crippen LogP contribution in [-0.2, 0) is 37.4 Å². The molecule has 11 heteroatoms. The number of fused-ring (bicyclic) bond motifs is 1. The molecule has 2 saturated heterocycles. The van der Waals surface area contributed by atoms with Crippen molar-refractivity contribution in [2.24, 2.45) is 0 Å². The molecule has 2 aromatic rings. The van der Waals surface area contributed by atoms with Crippen LogP contribution < -0.4 is 14.2 Å². The molecular weight excluding hydrogens is 462 g/mol. The first-order valence-electron chi connectivity index (χ1n) is 11.2. The van der Waals surface area contributed by atoms with E-state index in [-0.39, 0.29) is 17.7 Å². The van der Waals surface area contributed by atoms with Crippen LogP contribution in [0.15, 0.2) is 24.4 Å². The Morgan fingerprint density at radius 1 is 1.18 bits per heavy atom. The number of nitrogens with one attached hydrogen (secondary N) is 1. The summed E-state index contributed by atoms with van der Waals surface area (Å²) in [4.78, 5) is 6.69. The zero-order valence-corrected chi connectivity index (χ0v) is 20.1. The third-order valence-corrected chi connectivity index (χ3v) is 6.80. The van der Waals surface area contributed by atoms with Gasteiger partial charge in [0.25, 0.3) is 0 Å². The Kier molecular flexibility index (Phi) is 6.63. The summed E-state index contributed by atoms with van der Waals surface area (Å²) in [6.07, 6.45) is 2.71. The lowest BCUT2D eigenvalue weighted by Gasteiger charge is -2.41. The largest absolute Gasteiger partial charge is 0.490 e. The Morgan fingerprint density at radius 3 is 2.76 bits per heavy atom. The van der Waals surface area contributed by atoms with Crippen LogP contribution in [0.25, 0.3) is 11.1 Å². The number of aromatic nitrogens is 1. The van der Waals surface area contributed by atoms with Crippen LogP contribution in [0.1, 0.15) is 11.1 Å². The highest BCUT2D eigenvalue weighted by molar-refractivity contribution is 7.92. The molecule has 0 radical (unpaired) electrons. The van der Waals surface area contributed by atoms with Crippen molar-refractivity contribution in [1.82, 2.24) is 9.88 Å². The average molecular weight is 492 g/mol. The van der Waals surface area contributed by atoms with E-state index in [2.05, 4.69) is 14.6 Å². The lowest BCUT2D eigenvalue weighted by atomic mass is 10.0. The SMILES string of the molecule is COc1ncc(-c2cc3c(c(OC[C@H]4CN(C5COC5)CCO4)c2)COC3)cc1NS(C)(=O)=O. The number of nitrogens with zero attached hydrogens (tertiary/aromatic N) is 2. The van der Waals surface area contributed by atoms with Crippen LogP contribution in [0.3, 0.4) is 0 Å². The van der Waals surface area contributed by atoms with E-state index < -0.39 is 10.0 Å². The molecule has 3 aliphatic rings. The van der Waals surface area contributed by atoms with Crippen LogP contribution >= 0.6 is 0 Å². The molecule has 1 aromatic heterocycles. The van der Waals surface area contributed by atoms with E-state index in [1.165, 1.54) is 7.11 Å². The summed E-state index contributed by atoms with van der Waals surface area (Å²) in [7, 11) is -2.05. The fourth-order valence-corrected chi connectivity index (χ4v) is 4.94. The number of sulfonamides is 1. The highest BCUT2D eigenvalue weighted by atomic mass is 32.2. The van der Waals surface area contributed by atoms with Crippen molar-refractivity contribution in [1.29, 1.82) is 0 Å². The predicted molar refractivity (Wildman–Crippen MR) is 125 cm³/mol. The van der Waals surface area contributed by atoms with E-state index in [1.807, 2.05) is 12.1 Å². The van der Waals surface area contributed by atoms with E-state index in [9.17, 15) is 8.42 Å². The van der Waals surface area contributed by atoms with Gasteiger partial charge in [0.15, 0.2) is 0 Å². The Bertz CT molecular complexity index is 1150. The summed E-state index contributed by atoms with van der Waals surface area (Å²) in [6, 6.07) is 6.15. The van der Waals surface area contributed by atoms with E-state index >= 15 is 0 Å². The number of ether oxygens (including phenoxy) is 5. The molecule has 1 atom stereocenters. The number of morpholine rings is 1. The molecule has 0 bridgehead atoms. The summed E-state index contributed by atoms with van der Waals surface area (Å²) in [5.41, 5.74) is 3.93. The van der Waals surface area contributed by atoms with Crippen molar-refractivity contribution in [2.45, 2.75) is 25.4 Å². The third kappa shape index (κ3) is 5.13. The Hall–Kier alpha value is -2.44. The molecule has 10 nitrogen and oxygen atoms in total. The summed E-state index contributed by atoms with van der Waals surface area (Å²) in [5, 5.41) is 0. The van der Waals surface area contributed by atoms with Crippen LogP contribution in [-0.4, -0.2) is 83.3 Å². The topological polar surface area (TPSA) is 108 Å². The molecule has 2 fully saturated rings. The molecule has 4 heterocycles. The first-order chi connectivity index (χ1) is 16.4. The van der Waals surface area contributed by atoms with Crippen LogP contribution in [0.2, 0.25) is 0 Å². The van der Waals surface area contributed by atoms with Crippen molar-refractivity contribution in [3.05, 3.63) is 35.5 Å². The van der Waals surface area contributed by atoms with Crippen molar-refractivity contribution in [3.63, 3.8) is 0 Å². The minimum atomic E-state index is -3.50. The average Bonchev–Trinajstić information content (AvgIpc) is 3.24. The summed E-state index contributed by atoms with van der Waals surface area (Å²) in [6.45, 7) is 5.39. The Labute approximate surface area is 199 Å². The maximum absolute atomic E-state index is 11.8. The van der Waals surface area contributed by atoms with E-state index in [0.717, 1.165) is 60.6 Å². The Balaban J connectivity index is 1.37. The minimum absolute atomic E-state index is 0.0239. The summed E-state index contributed by atoms with van der Waals surface area (Å²) >= 11 is 0. The monoisotopic (exact) mass is 491 g/mol. The number of methoxy groups -OCH3 is 1. The predicted octanol–water partition coefficient (Wildman–Crippen LogP) is 1.64. The number of pyridine rings is 1. The lowest BCUT2D eigenvalue weighted by Crippen LogP contribution is -2.56. The van der Waals surface area contributed by atoms with Gasteiger partial charge in [0.2, 0.25) is 15.9 Å². The second-order valence-corrected chi connectivity index (χ2v) is 10.5. The van der Waals surface area contributed by atoms with E-state index in [0.29, 0.717) is 32.5 Å². The molecule has 5 rings (SSSR count). The molecular formula is C23H29N3O7S. The van der Waals surface area contributed by atoms with Gasteiger partial charge in [-0.1, -0.05) is 0 Å². The highest BCUT2D eigenvalue weighted by Crippen LogP contribution is 2.37. The Morgan fingerprint density at radius 2 is 2.03 bits per heavy atom. The zero-order valence-electron chi connectivity index (χ0n) is 19.3. The third-order valence-electron chi connectivity index (χ3n) is 6.21. The second-order valence-electron chi connectivity index (χ2n) is 8.75. The van der Waals surface area contributed by atoms with Gasteiger partial charge < -0.3 is 23.7 Å². The normalized spacial score (nSPS) is 21.1. The molecule has 3 aliphatic heterocycles. The molecule has 0 unspecified atom stereocenters. The first kappa shape index (κ1) is 23.3. The van der Waals surface area contributed by atoms with Gasteiger partial charge in [0.1, 0.15) is 24.1 Å². The maximum Gasteiger partial charge on any atom is 0.238 e. The van der Waals surface area contributed by atoms with Gasteiger partial charge in [-0.3, -0.25) is 9.62 Å². The molecule has 34 heavy (non-hydrogen) atoms. The standard InChI is InChI=1S/C23H29N3O7S/c1-29-23-21(25-34(2,27)28)6-16(8-24-23)15-5-17-10-30-14-20(17)22(7-15)33-13-19-9-26(3-4-32-19)18-11-31-12-18/h5-8,18-19,25H,3-4,9-14H2,1-2H3/t19-/m1/s1. The van der Waals surface area contributed by atoms with Gasteiger partial charge in [-0.05, 0) is 29.3 Å². The van der Waals surface area contributed by atoms with E-state index in [1.54, 1.807) is 12.3 Å². The summed E-state index contributed by atoms with van der Waals surface area (Å²) in [5.74, 6) is 0.942. The van der Waals surface area contributed by atoms with Crippen LogP contribution in [0.5, 0.6) is 11.6 Å². The van der Waals surface area contributed by atoms with E-state index in [4.69, 9.17) is 23.7 Å². The maximum atomic E-state index is 11.8. The number of benzene rings is 1. The quantitative estimate of drug-likeness (QED) is 0.589. The second kappa shape index (κ2) is 9.67. The van der Waals surface area contributed by atoms with Gasteiger partial charge in [-0.15, -0.1) is 0 Å². The molecule has 0 saturated carbocycles. The molecule has 0 spiro atoms. The van der Waals surface area contributed by atoms with Crippen LogP contribution in [0.4, 0.5) is 5.69 Å². The molecule has 0 aliphatic carbocycles. The minimum Gasteiger partial charge on any atom is -0.490 e. The molecule has 184 valence electrons. The number of rotatable bonds is 8. The summed E-state index contributed by atoms with van der Waals surface area (Å²) < 4.78 is 54.5. The van der Waals surface area contributed by atoms with Crippen molar-refractivity contribution in [2.75, 3.05) is 57.6 Å². The van der Waals surface area contributed by atoms with Crippen molar-refractivity contribution in [3.8, 4) is 22.8 Å². The van der Waals surface area contributed by atoms with Gasteiger partial charge in [0.05, 0.1) is 52.4 Å². The lowest BCUT2D eigenvalue weighted by molar-refractivity contribution is -0.119. The first-order valence-corrected chi connectivity index (χ1v) is 13.1. The van der Waals surface area contributed by atoms with Gasteiger partial charge in [0, 0.05) is 30.4 Å². The number of hydrogen-bond donors (Lipinski definition) is 1. The van der Waals surface area contributed by atoms with Crippen LogP contribution in [0, 0.1) is 0 Å². The van der Waals surface area contributed by atoms with Crippen molar-refractivity contribution >= 4 is 15.7 Å². The number of hydrogen-bond acceptors (Lipinski definition) is 9. The fraction of sp³-hybridized carbons (Fsp3) is 0.522. The highest BCUT2D eigenvalue weighted by Gasteiger charge is 2.31. The molecule has 0 amide bonds. The number of anilines is 1. The van der Waals surface area contributed by atoms with Gasteiger partial charge >= 0.3 is 0 Å². The zero-order chi connectivity index (χ0) is 23.7. The van der Waals surface area contributed by atoms with Crippen molar-refractivity contribution < 1.29 is 32.1 Å². The molecule has 1 aromatic carbocycles.